The standard InChI is InChI=1S/C19H20N4O5S2/c1-28-18(24)16-15(9-12-29-16)30(26,27)20-10-11-22-19(25)23(14-5-3-2-4-6-14)17(21-22)13-7-8-13/h2-6,9,12-13,20H,7-8,10-11H2,1H3. The van der Waals surface area contributed by atoms with E-state index in [9.17, 15) is 18.0 Å². The fourth-order valence-corrected chi connectivity index (χ4v) is 5.46. The lowest BCUT2D eigenvalue weighted by molar-refractivity contribution is 0.0602. The number of nitrogens with zero attached hydrogens (tertiary/aromatic N) is 3. The number of sulfonamides is 1. The Kier molecular flexibility index (Phi) is 5.58. The molecule has 1 aliphatic carbocycles. The van der Waals surface area contributed by atoms with Gasteiger partial charge in [-0.2, -0.15) is 5.10 Å². The van der Waals surface area contributed by atoms with Crippen molar-refractivity contribution < 1.29 is 17.9 Å². The minimum atomic E-state index is -3.94. The van der Waals surface area contributed by atoms with Gasteiger partial charge in [-0.05, 0) is 36.4 Å². The number of esters is 1. The molecule has 0 saturated heterocycles. The van der Waals surface area contributed by atoms with Gasteiger partial charge in [0, 0.05) is 12.5 Å². The van der Waals surface area contributed by atoms with E-state index in [0.717, 1.165) is 29.9 Å². The van der Waals surface area contributed by atoms with E-state index in [2.05, 4.69) is 14.6 Å². The molecule has 0 amide bonds. The summed E-state index contributed by atoms with van der Waals surface area (Å²) in [5.74, 6) is 0.224. The summed E-state index contributed by atoms with van der Waals surface area (Å²) in [6.45, 7) is 0.0178. The second kappa shape index (κ2) is 8.17. The van der Waals surface area contributed by atoms with Gasteiger partial charge in [0.1, 0.15) is 15.6 Å². The van der Waals surface area contributed by atoms with Crippen molar-refractivity contribution in [1.82, 2.24) is 19.1 Å². The van der Waals surface area contributed by atoms with Gasteiger partial charge in [-0.25, -0.2) is 32.0 Å². The highest BCUT2D eigenvalue weighted by Crippen LogP contribution is 2.39. The van der Waals surface area contributed by atoms with Crippen LogP contribution >= 0.6 is 11.3 Å². The molecule has 0 bridgehead atoms. The number of methoxy groups -OCH3 is 1. The fraction of sp³-hybridized carbons (Fsp3) is 0.316. The predicted molar refractivity (Wildman–Crippen MR) is 111 cm³/mol. The highest BCUT2D eigenvalue weighted by molar-refractivity contribution is 7.89. The summed E-state index contributed by atoms with van der Waals surface area (Å²) in [4.78, 5) is 24.5. The van der Waals surface area contributed by atoms with Crippen LogP contribution in [0.4, 0.5) is 0 Å². The van der Waals surface area contributed by atoms with Crippen molar-refractivity contribution in [3.8, 4) is 5.69 Å². The van der Waals surface area contributed by atoms with E-state index in [1.54, 1.807) is 4.57 Å². The molecule has 9 nitrogen and oxygen atoms in total. The van der Waals surface area contributed by atoms with E-state index in [1.807, 2.05) is 30.3 Å². The first-order valence-corrected chi connectivity index (χ1v) is 11.7. The van der Waals surface area contributed by atoms with Crippen LogP contribution in [-0.2, 0) is 21.3 Å². The van der Waals surface area contributed by atoms with Crippen LogP contribution in [0.5, 0.6) is 0 Å². The van der Waals surface area contributed by atoms with Crippen LogP contribution in [0.3, 0.4) is 0 Å². The molecule has 3 aromatic rings. The molecule has 0 radical (unpaired) electrons. The van der Waals surface area contributed by atoms with Crippen molar-refractivity contribution in [3.63, 3.8) is 0 Å². The molecular formula is C19H20N4O5S2. The fourth-order valence-electron chi connectivity index (χ4n) is 3.11. The zero-order chi connectivity index (χ0) is 21.3. The maximum absolute atomic E-state index is 12.9. The average Bonchev–Trinajstić information content (AvgIpc) is 3.36. The number of carbonyl (C=O) groups is 1. The van der Waals surface area contributed by atoms with Crippen LogP contribution in [0.1, 0.15) is 34.3 Å². The van der Waals surface area contributed by atoms with Crippen molar-refractivity contribution >= 4 is 27.3 Å². The minimum absolute atomic E-state index is 0.00606. The molecule has 1 N–H and O–H groups in total. The SMILES string of the molecule is COC(=O)c1sccc1S(=O)(=O)NCCn1nc(C2CC2)n(-c2ccccc2)c1=O. The van der Waals surface area contributed by atoms with Crippen LogP contribution in [0.15, 0.2) is 51.5 Å². The summed E-state index contributed by atoms with van der Waals surface area (Å²) in [6, 6.07) is 10.6. The first-order chi connectivity index (χ1) is 14.4. The van der Waals surface area contributed by atoms with Gasteiger partial charge in [-0.15, -0.1) is 11.3 Å². The molecule has 1 aliphatic rings. The number of carbonyl (C=O) groups excluding carboxylic acids is 1. The molecule has 2 aromatic heterocycles. The molecule has 2 heterocycles. The Morgan fingerprint density at radius 3 is 2.67 bits per heavy atom. The zero-order valence-electron chi connectivity index (χ0n) is 16.1. The van der Waals surface area contributed by atoms with Crippen LogP contribution < -0.4 is 10.4 Å². The predicted octanol–water partition coefficient (Wildman–Crippen LogP) is 1.74. The number of aromatic nitrogens is 3. The Labute approximate surface area is 177 Å². The topological polar surface area (TPSA) is 112 Å². The summed E-state index contributed by atoms with van der Waals surface area (Å²) < 4.78 is 35.1. The van der Waals surface area contributed by atoms with Gasteiger partial charge in [-0.1, -0.05) is 18.2 Å². The number of benzene rings is 1. The largest absolute Gasteiger partial charge is 0.465 e. The molecule has 1 aromatic carbocycles. The lowest BCUT2D eigenvalue weighted by Crippen LogP contribution is -2.32. The maximum Gasteiger partial charge on any atom is 0.350 e. The number of rotatable bonds is 8. The van der Waals surface area contributed by atoms with Gasteiger partial charge in [0.2, 0.25) is 10.0 Å². The Morgan fingerprint density at radius 2 is 2.00 bits per heavy atom. The van der Waals surface area contributed by atoms with Gasteiger partial charge < -0.3 is 4.74 Å². The molecule has 4 rings (SSSR count). The molecule has 0 aliphatic heterocycles. The lowest BCUT2D eigenvalue weighted by Gasteiger charge is -2.06. The van der Waals surface area contributed by atoms with Gasteiger partial charge in [-0.3, -0.25) is 0 Å². The maximum atomic E-state index is 12.9. The minimum Gasteiger partial charge on any atom is -0.465 e. The third-order valence-corrected chi connectivity index (χ3v) is 7.25. The van der Waals surface area contributed by atoms with E-state index < -0.39 is 16.0 Å². The highest BCUT2D eigenvalue weighted by atomic mass is 32.2. The summed E-state index contributed by atoms with van der Waals surface area (Å²) in [5, 5.41) is 5.96. The van der Waals surface area contributed by atoms with Crippen LogP contribution in [0.25, 0.3) is 5.69 Å². The number of ether oxygens (including phenoxy) is 1. The first kappa shape index (κ1) is 20.5. The highest BCUT2D eigenvalue weighted by Gasteiger charge is 2.31. The molecular weight excluding hydrogens is 428 g/mol. The van der Waals surface area contributed by atoms with E-state index in [-0.39, 0.29) is 34.5 Å². The summed E-state index contributed by atoms with van der Waals surface area (Å²) in [7, 11) is -2.74. The molecule has 30 heavy (non-hydrogen) atoms. The Hall–Kier alpha value is -2.76. The number of hydrogen-bond acceptors (Lipinski definition) is 7. The second-order valence-electron chi connectivity index (χ2n) is 6.81. The Bertz CT molecular complexity index is 1220. The van der Waals surface area contributed by atoms with E-state index >= 15 is 0 Å². The quantitative estimate of drug-likeness (QED) is 0.525. The molecule has 11 heteroatoms. The molecule has 0 spiro atoms. The van der Waals surface area contributed by atoms with E-state index in [1.165, 1.54) is 23.2 Å². The van der Waals surface area contributed by atoms with Crippen molar-refractivity contribution in [2.45, 2.75) is 30.2 Å². The number of thiophene rings is 1. The first-order valence-electron chi connectivity index (χ1n) is 9.33. The van der Waals surface area contributed by atoms with Crippen LogP contribution in [0.2, 0.25) is 0 Å². The van der Waals surface area contributed by atoms with E-state index in [4.69, 9.17) is 0 Å². The summed E-state index contributed by atoms with van der Waals surface area (Å²) in [5.41, 5.74) is 0.422. The summed E-state index contributed by atoms with van der Waals surface area (Å²) >= 11 is 0.990. The number of para-hydroxylation sites is 1. The van der Waals surface area contributed by atoms with Crippen LogP contribution in [-0.4, -0.2) is 42.4 Å². The Morgan fingerprint density at radius 1 is 1.27 bits per heavy atom. The number of hydrogen-bond donors (Lipinski definition) is 1. The van der Waals surface area contributed by atoms with Crippen molar-refractivity contribution in [3.05, 3.63) is 63.0 Å². The second-order valence-corrected chi connectivity index (χ2v) is 9.46. The molecule has 1 fully saturated rings. The third kappa shape index (κ3) is 3.95. The lowest BCUT2D eigenvalue weighted by atomic mass is 10.3. The normalized spacial score (nSPS) is 14.0. The zero-order valence-corrected chi connectivity index (χ0v) is 17.8. The van der Waals surface area contributed by atoms with Crippen molar-refractivity contribution in [2.24, 2.45) is 0 Å². The smallest absolute Gasteiger partial charge is 0.350 e. The molecule has 158 valence electrons. The third-order valence-electron chi connectivity index (χ3n) is 4.73. The van der Waals surface area contributed by atoms with Crippen molar-refractivity contribution in [2.75, 3.05) is 13.7 Å². The van der Waals surface area contributed by atoms with Crippen LogP contribution in [0, 0.1) is 0 Å². The van der Waals surface area contributed by atoms with Gasteiger partial charge in [0.15, 0.2) is 0 Å². The summed E-state index contributed by atoms with van der Waals surface area (Å²) in [6.07, 6.45) is 1.95. The Balaban J connectivity index is 1.53. The molecule has 1 saturated carbocycles. The molecule has 0 unspecified atom stereocenters. The monoisotopic (exact) mass is 448 g/mol. The molecule has 0 atom stereocenters. The average molecular weight is 449 g/mol. The van der Waals surface area contributed by atoms with Gasteiger partial charge >= 0.3 is 11.7 Å². The van der Waals surface area contributed by atoms with Gasteiger partial charge in [0.05, 0.1) is 19.3 Å². The van der Waals surface area contributed by atoms with Gasteiger partial charge in [0.25, 0.3) is 0 Å². The van der Waals surface area contributed by atoms with Crippen molar-refractivity contribution in [1.29, 1.82) is 0 Å². The van der Waals surface area contributed by atoms with E-state index in [0.29, 0.717) is 5.82 Å². The number of nitrogens with one attached hydrogen (secondary N) is 1.